The highest BCUT2D eigenvalue weighted by molar-refractivity contribution is 5.91. The standard InChI is InChI=1S/C7H6N2O2/c8-9-7(10)4-3-6-2-1-5-11-6/h1-5,8H/b4-3+,9-8?. The van der Waals surface area contributed by atoms with Gasteiger partial charge in [0.2, 0.25) is 0 Å². The van der Waals surface area contributed by atoms with Crippen LogP contribution in [0.5, 0.6) is 0 Å². The van der Waals surface area contributed by atoms with Crippen molar-refractivity contribution < 1.29 is 9.21 Å². The summed E-state index contributed by atoms with van der Waals surface area (Å²) >= 11 is 0. The fourth-order valence-corrected chi connectivity index (χ4v) is 0.577. The van der Waals surface area contributed by atoms with Crippen molar-refractivity contribution in [3.63, 3.8) is 0 Å². The third-order valence-corrected chi connectivity index (χ3v) is 1.04. The van der Waals surface area contributed by atoms with Gasteiger partial charge in [0.1, 0.15) is 5.76 Å². The van der Waals surface area contributed by atoms with Crippen LogP contribution in [0.1, 0.15) is 5.76 Å². The Morgan fingerprint density at radius 1 is 1.73 bits per heavy atom. The molecule has 1 aromatic heterocycles. The van der Waals surface area contributed by atoms with Gasteiger partial charge in [-0.3, -0.25) is 4.79 Å². The Hall–Kier alpha value is -1.71. The van der Waals surface area contributed by atoms with E-state index in [2.05, 4.69) is 5.11 Å². The molecule has 0 aliphatic rings. The highest BCUT2D eigenvalue weighted by Gasteiger charge is 1.90. The van der Waals surface area contributed by atoms with Gasteiger partial charge in [0.05, 0.1) is 6.26 Å². The van der Waals surface area contributed by atoms with Crippen LogP contribution in [0.25, 0.3) is 6.08 Å². The highest BCUT2D eigenvalue weighted by Crippen LogP contribution is 2.01. The van der Waals surface area contributed by atoms with E-state index in [1.54, 1.807) is 12.1 Å². The Morgan fingerprint density at radius 3 is 3.09 bits per heavy atom. The van der Waals surface area contributed by atoms with Crippen LogP contribution in [0.4, 0.5) is 0 Å². The molecule has 56 valence electrons. The van der Waals surface area contributed by atoms with E-state index < -0.39 is 5.91 Å². The summed E-state index contributed by atoms with van der Waals surface area (Å²) in [6, 6.07) is 3.41. The minimum Gasteiger partial charge on any atom is -0.465 e. The second kappa shape index (κ2) is 3.46. The molecule has 4 heteroatoms. The fourth-order valence-electron chi connectivity index (χ4n) is 0.577. The van der Waals surface area contributed by atoms with Gasteiger partial charge in [-0.25, -0.2) is 5.53 Å². The summed E-state index contributed by atoms with van der Waals surface area (Å²) in [6.45, 7) is 0. The molecule has 0 aromatic carbocycles. The van der Waals surface area contributed by atoms with E-state index >= 15 is 0 Å². The first kappa shape index (κ1) is 7.40. The van der Waals surface area contributed by atoms with Gasteiger partial charge in [-0.1, -0.05) is 0 Å². The van der Waals surface area contributed by atoms with Crippen LogP contribution >= 0.6 is 0 Å². The molecule has 0 fully saturated rings. The van der Waals surface area contributed by atoms with Crippen LogP contribution in [0.2, 0.25) is 0 Å². The van der Waals surface area contributed by atoms with Gasteiger partial charge in [0, 0.05) is 6.08 Å². The lowest BCUT2D eigenvalue weighted by Gasteiger charge is -1.79. The van der Waals surface area contributed by atoms with Gasteiger partial charge in [0.15, 0.2) is 0 Å². The van der Waals surface area contributed by atoms with E-state index in [1.807, 2.05) is 0 Å². The maximum atomic E-state index is 10.4. The number of rotatable bonds is 2. The number of carbonyl (C=O) groups is 1. The zero-order valence-corrected chi connectivity index (χ0v) is 5.65. The SMILES string of the molecule is N=NC(=O)/C=C/c1ccco1. The van der Waals surface area contributed by atoms with Crippen LogP contribution in [-0.2, 0) is 4.79 Å². The Labute approximate surface area is 63.0 Å². The van der Waals surface area contributed by atoms with Crippen molar-refractivity contribution in [3.05, 3.63) is 30.2 Å². The van der Waals surface area contributed by atoms with Gasteiger partial charge in [-0.2, -0.15) is 0 Å². The van der Waals surface area contributed by atoms with E-state index in [0.29, 0.717) is 5.76 Å². The van der Waals surface area contributed by atoms with Crippen molar-refractivity contribution >= 4 is 12.0 Å². The number of nitrogens with zero attached hydrogens (tertiary/aromatic N) is 1. The van der Waals surface area contributed by atoms with Crippen LogP contribution in [-0.4, -0.2) is 5.91 Å². The zero-order valence-electron chi connectivity index (χ0n) is 5.65. The molecule has 4 nitrogen and oxygen atoms in total. The van der Waals surface area contributed by atoms with Gasteiger partial charge in [-0.05, 0) is 18.2 Å². The van der Waals surface area contributed by atoms with Crippen molar-refractivity contribution in [1.82, 2.24) is 0 Å². The molecule has 0 spiro atoms. The van der Waals surface area contributed by atoms with E-state index in [-0.39, 0.29) is 0 Å². The molecule has 0 saturated carbocycles. The smallest absolute Gasteiger partial charge is 0.287 e. The molecular formula is C7H6N2O2. The highest BCUT2D eigenvalue weighted by atomic mass is 16.3. The molecule has 1 aromatic rings. The average molecular weight is 150 g/mol. The van der Waals surface area contributed by atoms with Crippen LogP contribution < -0.4 is 0 Å². The van der Waals surface area contributed by atoms with Gasteiger partial charge in [-0.15, -0.1) is 5.11 Å². The number of nitrogens with one attached hydrogen (secondary N) is 1. The summed E-state index contributed by atoms with van der Waals surface area (Å²) in [4.78, 5) is 10.4. The second-order valence-electron chi connectivity index (χ2n) is 1.80. The molecule has 0 radical (unpaired) electrons. The van der Waals surface area contributed by atoms with Crippen LogP contribution in [0.15, 0.2) is 34.0 Å². The Morgan fingerprint density at radius 2 is 2.55 bits per heavy atom. The summed E-state index contributed by atoms with van der Waals surface area (Å²) in [5.41, 5.74) is 6.33. The molecule has 0 aliphatic carbocycles. The number of amides is 1. The zero-order chi connectivity index (χ0) is 8.10. The minimum absolute atomic E-state index is 0.571. The number of hydrogen-bond acceptors (Lipinski definition) is 3. The second-order valence-corrected chi connectivity index (χ2v) is 1.80. The summed E-state index contributed by atoms with van der Waals surface area (Å²) in [5.74, 6) is -0.0246. The van der Waals surface area contributed by atoms with Crippen molar-refractivity contribution in [1.29, 1.82) is 5.53 Å². The summed E-state index contributed by atoms with van der Waals surface area (Å²) < 4.78 is 4.89. The molecule has 0 atom stereocenters. The first-order valence-corrected chi connectivity index (χ1v) is 2.96. The lowest BCUT2D eigenvalue weighted by Crippen LogP contribution is -1.80. The molecule has 0 aliphatic heterocycles. The predicted octanol–water partition coefficient (Wildman–Crippen LogP) is 1.85. The summed E-state index contributed by atoms with van der Waals surface area (Å²) in [6.07, 6.45) is 4.13. The van der Waals surface area contributed by atoms with E-state index in [4.69, 9.17) is 9.95 Å². The first-order chi connectivity index (χ1) is 5.33. The van der Waals surface area contributed by atoms with Crippen molar-refractivity contribution in [3.8, 4) is 0 Å². The minimum atomic E-state index is -0.596. The Kier molecular flexibility index (Phi) is 2.32. The van der Waals surface area contributed by atoms with Crippen LogP contribution in [0.3, 0.4) is 0 Å². The predicted molar refractivity (Wildman–Crippen MR) is 37.9 cm³/mol. The molecule has 0 bridgehead atoms. The molecular weight excluding hydrogens is 144 g/mol. The maximum Gasteiger partial charge on any atom is 0.287 e. The van der Waals surface area contributed by atoms with Crippen molar-refractivity contribution in [2.24, 2.45) is 5.11 Å². The third kappa shape index (κ3) is 2.17. The average Bonchev–Trinajstić information content (AvgIpc) is 2.52. The van der Waals surface area contributed by atoms with Gasteiger partial charge >= 0.3 is 0 Å². The molecule has 1 amide bonds. The topological polar surface area (TPSA) is 66.4 Å². The van der Waals surface area contributed by atoms with Crippen LogP contribution in [0, 0.1) is 5.53 Å². The number of furan rings is 1. The maximum absolute atomic E-state index is 10.4. The van der Waals surface area contributed by atoms with Crippen molar-refractivity contribution in [2.75, 3.05) is 0 Å². The van der Waals surface area contributed by atoms with Crippen molar-refractivity contribution in [2.45, 2.75) is 0 Å². The molecule has 11 heavy (non-hydrogen) atoms. The summed E-state index contributed by atoms with van der Waals surface area (Å²) in [7, 11) is 0. The number of hydrogen-bond donors (Lipinski definition) is 1. The van der Waals surface area contributed by atoms with Gasteiger partial charge < -0.3 is 4.42 Å². The Balaban J connectivity index is 2.62. The monoisotopic (exact) mass is 150 g/mol. The van der Waals surface area contributed by atoms with E-state index in [0.717, 1.165) is 0 Å². The quantitative estimate of drug-likeness (QED) is 0.516. The summed E-state index contributed by atoms with van der Waals surface area (Å²) in [5, 5.41) is 2.67. The lowest BCUT2D eigenvalue weighted by atomic mass is 10.4. The molecule has 0 saturated heterocycles. The lowest BCUT2D eigenvalue weighted by molar-refractivity contribution is -0.114. The Bertz CT molecular complexity index is 275. The fraction of sp³-hybridized carbons (Fsp3) is 0. The third-order valence-electron chi connectivity index (χ3n) is 1.04. The molecule has 0 unspecified atom stereocenters. The first-order valence-electron chi connectivity index (χ1n) is 2.96. The van der Waals surface area contributed by atoms with E-state index in [1.165, 1.54) is 18.4 Å². The molecule has 1 heterocycles. The van der Waals surface area contributed by atoms with Gasteiger partial charge in [0.25, 0.3) is 5.91 Å². The van der Waals surface area contributed by atoms with E-state index in [9.17, 15) is 4.79 Å². The number of carbonyl (C=O) groups excluding carboxylic acids is 1. The largest absolute Gasteiger partial charge is 0.465 e. The molecule has 1 rings (SSSR count). The molecule has 1 N–H and O–H groups in total. The normalized spacial score (nSPS) is 10.2.